The number of nitrogens with one attached hydrogen (secondary N) is 2. The van der Waals surface area contributed by atoms with E-state index in [-0.39, 0.29) is 12.4 Å². The molecule has 0 fully saturated rings. The Morgan fingerprint density at radius 2 is 2.17 bits per heavy atom. The van der Waals surface area contributed by atoms with Crippen molar-refractivity contribution in [2.75, 3.05) is 6.54 Å². The zero-order chi connectivity index (χ0) is 13.8. The van der Waals surface area contributed by atoms with Crippen molar-refractivity contribution in [2.24, 2.45) is 0 Å². The topological polar surface area (TPSA) is 80.0 Å². The summed E-state index contributed by atoms with van der Waals surface area (Å²) in [6.45, 7) is 1.83. The number of aryl methyl sites for hydroxylation is 1. The summed E-state index contributed by atoms with van der Waals surface area (Å²) in [5.74, 6) is -0.0347. The SMILES string of the molecule is Cc1noc(CNC(C)C(=O)NCC(F)(F)F)n1. The highest BCUT2D eigenvalue weighted by atomic mass is 19.4. The number of amides is 1. The summed E-state index contributed by atoms with van der Waals surface area (Å²) < 4.78 is 40.4. The minimum atomic E-state index is -4.42. The molecule has 6 nitrogen and oxygen atoms in total. The second-order valence-electron chi connectivity index (χ2n) is 3.67. The average Bonchev–Trinajstić information content (AvgIpc) is 2.67. The molecule has 0 aliphatic heterocycles. The van der Waals surface area contributed by atoms with Gasteiger partial charge in [-0.2, -0.15) is 18.2 Å². The van der Waals surface area contributed by atoms with Gasteiger partial charge in [0.15, 0.2) is 5.82 Å². The van der Waals surface area contributed by atoms with Crippen LogP contribution >= 0.6 is 0 Å². The predicted octanol–water partition coefficient (Wildman–Crippen LogP) is 0.535. The van der Waals surface area contributed by atoms with Gasteiger partial charge in [0.2, 0.25) is 11.8 Å². The van der Waals surface area contributed by atoms with Crippen LogP contribution in [0.2, 0.25) is 0 Å². The van der Waals surface area contributed by atoms with Crippen molar-refractivity contribution in [2.45, 2.75) is 32.6 Å². The lowest BCUT2D eigenvalue weighted by Crippen LogP contribution is -2.45. The molecule has 0 aromatic carbocycles. The number of hydrogen-bond acceptors (Lipinski definition) is 5. The van der Waals surface area contributed by atoms with Gasteiger partial charge in [0, 0.05) is 0 Å². The number of halogens is 3. The van der Waals surface area contributed by atoms with Gasteiger partial charge in [-0.25, -0.2) is 0 Å². The van der Waals surface area contributed by atoms with Crippen LogP contribution in [-0.2, 0) is 11.3 Å². The second kappa shape index (κ2) is 5.80. The molecule has 0 aliphatic rings. The van der Waals surface area contributed by atoms with E-state index in [0.29, 0.717) is 5.82 Å². The van der Waals surface area contributed by atoms with Crippen LogP contribution < -0.4 is 10.6 Å². The molecule has 18 heavy (non-hydrogen) atoms. The van der Waals surface area contributed by atoms with E-state index < -0.39 is 24.7 Å². The lowest BCUT2D eigenvalue weighted by atomic mass is 10.3. The number of carbonyl (C=O) groups is 1. The third-order valence-electron chi connectivity index (χ3n) is 1.99. The molecule has 0 radical (unpaired) electrons. The Morgan fingerprint density at radius 1 is 1.50 bits per heavy atom. The third-order valence-corrected chi connectivity index (χ3v) is 1.99. The smallest absolute Gasteiger partial charge is 0.346 e. The van der Waals surface area contributed by atoms with Gasteiger partial charge in [-0.3, -0.25) is 10.1 Å². The fourth-order valence-electron chi connectivity index (χ4n) is 1.09. The molecule has 1 unspecified atom stereocenters. The monoisotopic (exact) mass is 266 g/mol. The van der Waals surface area contributed by atoms with E-state index >= 15 is 0 Å². The number of carbonyl (C=O) groups excluding carboxylic acids is 1. The van der Waals surface area contributed by atoms with Gasteiger partial charge in [-0.15, -0.1) is 0 Å². The number of alkyl halides is 3. The molecule has 1 aromatic rings. The van der Waals surface area contributed by atoms with Gasteiger partial charge in [-0.1, -0.05) is 5.16 Å². The molecule has 102 valence electrons. The molecule has 1 amide bonds. The van der Waals surface area contributed by atoms with Gasteiger partial charge >= 0.3 is 6.18 Å². The van der Waals surface area contributed by atoms with E-state index in [0.717, 1.165) is 0 Å². The summed E-state index contributed by atoms with van der Waals surface area (Å²) in [7, 11) is 0. The Balaban J connectivity index is 2.32. The summed E-state index contributed by atoms with van der Waals surface area (Å²) in [6.07, 6.45) is -4.42. The summed E-state index contributed by atoms with van der Waals surface area (Å²) in [5, 5.41) is 7.98. The summed E-state index contributed by atoms with van der Waals surface area (Å²) in [5.41, 5.74) is 0. The first-order valence-electron chi connectivity index (χ1n) is 5.15. The van der Waals surface area contributed by atoms with E-state index in [4.69, 9.17) is 4.52 Å². The Hall–Kier alpha value is -1.64. The van der Waals surface area contributed by atoms with Gasteiger partial charge < -0.3 is 9.84 Å². The minimum absolute atomic E-state index is 0.113. The van der Waals surface area contributed by atoms with Crippen LogP contribution in [0.25, 0.3) is 0 Å². The predicted molar refractivity (Wildman–Crippen MR) is 54.4 cm³/mol. The first-order chi connectivity index (χ1) is 8.28. The van der Waals surface area contributed by atoms with Crippen molar-refractivity contribution in [1.82, 2.24) is 20.8 Å². The number of hydrogen-bond donors (Lipinski definition) is 2. The summed E-state index contributed by atoms with van der Waals surface area (Å²) in [4.78, 5) is 15.2. The lowest BCUT2D eigenvalue weighted by Gasteiger charge is -2.13. The first-order valence-corrected chi connectivity index (χ1v) is 5.15. The van der Waals surface area contributed by atoms with Crippen LogP contribution in [0, 0.1) is 6.92 Å². The van der Waals surface area contributed by atoms with Gasteiger partial charge in [0.05, 0.1) is 12.6 Å². The molecule has 0 bridgehead atoms. The van der Waals surface area contributed by atoms with Crippen molar-refractivity contribution in [3.05, 3.63) is 11.7 Å². The highest BCUT2D eigenvalue weighted by Crippen LogP contribution is 2.12. The molecule has 1 atom stereocenters. The maximum absolute atomic E-state index is 11.9. The largest absolute Gasteiger partial charge is 0.405 e. The quantitative estimate of drug-likeness (QED) is 0.812. The van der Waals surface area contributed by atoms with E-state index in [1.54, 1.807) is 12.2 Å². The summed E-state index contributed by atoms with van der Waals surface area (Å²) >= 11 is 0. The van der Waals surface area contributed by atoms with Gasteiger partial charge in [0.25, 0.3) is 0 Å². The maximum atomic E-state index is 11.9. The average molecular weight is 266 g/mol. The third kappa shape index (κ3) is 5.13. The van der Waals surface area contributed by atoms with Crippen LogP contribution in [0.1, 0.15) is 18.6 Å². The van der Waals surface area contributed by atoms with Gasteiger partial charge in [-0.05, 0) is 13.8 Å². The van der Waals surface area contributed by atoms with Crippen molar-refractivity contribution in [3.63, 3.8) is 0 Å². The van der Waals surface area contributed by atoms with Crippen LogP contribution in [0.3, 0.4) is 0 Å². The Bertz CT molecular complexity index is 405. The molecule has 0 spiro atoms. The molecule has 1 heterocycles. The minimum Gasteiger partial charge on any atom is -0.346 e. The van der Waals surface area contributed by atoms with Crippen LogP contribution in [-0.4, -0.2) is 34.8 Å². The van der Waals surface area contributed by atoms with E-state index in [1.807, 2.05) is 0 Å². The molecule has 0 saturated carbocycles. The van der Waals surface area contributed by atoms with Crippen LogP contribution in [0.4, 0.5) is 13.2 Å². The molecule has 1 rings (SSSR count). The van der Waals surface area contributed by atoms with E-state index in [9.17, 15) is 18.0 Å². The standard InChI is InChI=1S/C9H13F3N4O2/c1-5(8(17)14-4-9(10,11)12)13-3-7-15-6(2)16-18-7/h5,13H,3-4H2,1-2H3,(H,14,17). The van der Waals surface area contributed by atoms with E-state index in [2.05, 4.69) is 15.5 Å². The number of aromatic nitrogens is 2. The zero-order valence-corrected chi connectivity index (χ0v) is 9.84. The fourth-order valence-corrected chi connectivity index (χ4v) is 1.09. The fraction of sp³-hybridized carbons (Fsp3) is 0.667. The lowest BCUT2D eigenvalue weighted by molar-refractivity contribution is -0.139. The van der Waals surface area contributed by atoms with Crippen LogP contribution in [0.5, 0.6) is 0 Å². The maximum Gasteiger partial charge on any atom is 0.405 e. The Morgan fingerprint density at radius 3 is 2.67 bits per heavy atom. The molecule has 2 N–H and O–H groups in total. The van der Waals surface area contributed by atoms with Gasteiger partial charge in [0.1, 0.15) is 6.54 Å². The van der Waals surface area contributed by atoms with Crippen molar-refractivity contribution < 1.29 is 22.5 Å². The highest BCUT2D eigenvalue weighted by molar-refractivity contribution is 5.81. The Kier molecular flexibility index (Phi) is 4.65. The normalized spacial score (nSPS) is 13.4. The molecule has 0 saturated heterocycles. The highest BCUT2D eigenvalue weighted by Gasteiger charge is 2.28. The van der Waals surface area contributed by atoms with Crippen molar-refractivity contribution in [1.29, 1.82) is 0 Å². The van der Waals surface area contributed by atoms with E-state index in [1.165, 1.54) is 6.92 Å². The number of rotatable bonds is 5. The van der Waals surface area contributed by atoms with Crippen LogP contribution in [0.15, 0.2) is 4.52 Å². The summed E-state index contributed by atoms with van der Waals surface area (Å²) in [6, 6.07) is -0.792. The van der Waals surface area contributed by atoms with Crippen molar-refractivity contribution in [3.8, 4) is 0 Å². The molecule has 9 heteroatoms. The molecular formula is C9H13F3N4O2. The molecule has 1 aromatic heterocycles. The second-order valence-corrected chi connectivity index (χ2v) is 3.67. The zero-order valence-electron chi connectivity index (χ0n) is 9.84. The molecular weight excluding hydrogens is 253 g/mol. The Labute approximate surface area is 101 Å². The number of nitrogens with zero attached hydrogens (tertiary/aromatic N) is 2. The molecule has 0 aliphatic carbocycles. The van der Waals surface area contributed by atoms with Crippen molar-refractivity contribution >= 4 is 5.91 Å². The first kappa shape index (κ1) is 14.4.